The first-order valence-electron chi connectivity index (χ1n) is 7.62. The highest BCUT2D eigenvalue weighted by Crippen LogP contribution is 2.29. The maximum Gasteiger partial charge on any atom is 0.0871 e. The van der Waals surface area contributed by atoms with E-state index >= 15 is 0 Å². The summed E-state index contributed by atoms with van der Waals surface area (Å²) >= 11 is 0. The maximum atomic E-state index is 5.52. The van der Waals surface area contributed by atoms with Crippen LogP contribution in [-0.2, 0) is 20.7 Å². The molecule has 0 amide bonds. The highest BCUT2D eigenvalue weighted by molar-refractivity contribution is 5.64. The zero-order valence-electron chi connectivity index (χ0n) is 14.4. The van der Waals surface area contributed by atoms with Gasteiger partial charge in [0.05, 0.1) is 11.2 Å². The molecule has 0 aliphatic heterocycles. The molecule has 0 saturated carbocycles. The molecule has 0 aliphatic carbocycles. The predicted octanol–water partition coefficient (Wildman–Crippen LogP) is 5.12. The maximum absolute atomic E-state index is 5.52. The molecule has 0 spiro atoms. The molecular weight excluding hydrogens is 272 g/mol. The van der Waals surface area contributed by atoms with Gasteiger partial charge in [0.2, 0.25) is 0 Å². The minimum Gasteiger partial charge on any atom is -0.374 e. The molecule has 0 aliphatic rings. The Morgan fingerprint density at radius 2 is 0.818 bits per heavy atom. The van der Waals surface area contributed by atoms with Gasteiger partial charge in [0.25, 0.3) is 0 Å². The lowest BCUT2D eigenvalue weighted by molar-refractivity contribution is 0.0190. The largest absolute Gasteiger partial charge is 0.374 e. The van der Waals surface area contributed by atoms with Gasteiger partial charge in [0.15, 0.2) is 0 Å². The molecule has 0 aromatic heterocycles. The SMILES string of the molecule is COC(C)(C)c1ccc(-c2ccc(C(C)(C)OC)cc2)cc1. The highest BCUT2D eigenvalue weighted by Gasteiger charge is 2.20. The number of hydrogen-bond acceptors (Lipinski definition) is 2. The van der Waals surface area contributed by atoms with Crippen molar-refractivity contribution in [2.75, 3.05) is 14.2 Å². The van der Waals surface area contributed by atoms with Crippen LogP contribution in [-0.4, -0.2) is 14.2 Å². The van der Waals surface area contributed by atoms with Crippen molar-refractivity contribution in [3.8, 4) is 11.1 Å². The number of rotatable bonds is 5. The Kier molecular flexibility index (Phi) is 4.74. The predicted molar refractivity (Wildman–Crippen MR) is 91.9 cm³/mol. The van der Waals surface area contributed by atoms with E-state index in [1.165, 1.54) is 22.3 Å². The topological polar surface area (TPSA) is 18.5 Å². The van der Waals surface area contributed by atoms with E-state index in [0.29, 0.717) is 0 Å². The normalized spacial score (nSPS) is 12.5. The van der Waals surface area contributed by atoms with E-state index in [4.69, 9.17) is 9.47 Å². The van der Waals surface area contributed by atoms with Gasteiger partial charge in [-0.2, -0.15) is 0 Å². The van der Waals surface area contributed by atoms with Crippen LogP contribution in [0, 0.1) is 0 Å². The monoisotopic (exact) mass is 298 g/mol. The molecule has 2 nitrogen and oxygen atoms in total. The Labute approximate surface area is 134 Å². The van der Waals surface area contributed by atoms with Gasteiger partial charge in [0, 0.05) is 14.2 Å². The van der Waals surface area contributed by atoms with Gasteiger partial charge in [-0.3, -0.25) is 0 Å². The molecule has 0 radical (unpaired) electrons. The quantitative estimate of drug-likeness (QED) is 0.763. The Morgan fingerprint density at radius 1 is 0.545 bits per heavy atom. The van der Waals surface area contributed by atoms with Gasteiger partial charge in [-0.05, 0) is 49.9 Å². The van der Waals surface area contributed by atoms with E-state index in [1.54, 1.807) is 14.2 Å². The zero-order chi connectivity index (χ0) is 16.4. The van der Waals surface area contributed by atoms with Gasteiger partial charge < -0.3 is 9.47 Å². The van der Waals surface area contributed by atoms with Crippen LogP contribution in [0.5, 0.6) is 0 Å². The minimum absolute atomic E-state index is 0.259. The summed E-state index contributed by atoms with van der Waals surface area (Å²) in [4.78, 5) is 0. The van der Waals surface area contributed by atoms with Crippen LogP contribution < -0.4 is 0 Å². The van der Waals surface area contributed by atoms with Crippen molar-refractivity contribution in [3.63, 3.8) is 0 Å². The van der Waals surface area contributed by atoms with E-state index in [-0.39, 0.29) is 11.2 Å². The molecule has 2 aromatic carbocycles. The summed E-state index contributed by atoms with van der Waals surface area (Å²) in [6, 6.07) is 17.1. The molecular formula is C20H26O2. The van der Waals surface area contributed by atoms with Gasteiger partial charge in [-0.15, -0.1) is 0 Å². The van der Waals surface area contributed by atoms with Crippen LogP contribution >= 0.6 is 0 Å². The third-order valence-electron chi connectivity index (χ3n) is 4.51. The Hall–Kier alpha value is -1.64. The fourth-order valence-corrected chi connectivity index (χ4v) is 2.36. The van der Waals surface area contributed by atoms with E-state index in [0.717, 1.165) is 0 Å². The Balaban J connectivity index is 2.26. The van der Waals surface area contributed by atoms with Crippen LogP contribution in [0.1, 0.15) is 38.8 Å². The van der Waals surface area contributed by atoms with Crippen molar-refractivity contribution >= 4 is 0 Å². The van der Waals surface area contributed by atoms with Crippen molar-refractivity contribution in [1.82, 2.24) is 0 Å². The summed E-state index contributed by atoms with van der Waals surface area (Å²) in [5.74, 6) is 0. The summed E-state index contributed by atoms with van der Waals surface area (Å²) in [6.07, 6.45) is 0. The molecule has 0 heterocycles. The summed E-state index contributed by atoms with van der Waals surface area (Å²) in [5.41, 5.74) is 4.25. The fraction of sp³-hybridized carbons (Fsp3) is 0.400. The summed E-state index contributed by atoms with van der Waals surface area (Å²) in [6.45, 7) is 8.29. The van der Waals surface area contributed by atoms with E-state index < -0.39 is 0 Å². The second-order valence-corrected chi connectivity index (χ2v) is 6.58. The third kappa shape index (κ3) is 3.40. The number of hydrogen-bond donors (Lipinski definition) is 0. The molecule has 2 heteroatoms. The van der Waals surface area contributed by atoms with Gasteiger partial charge >= 0.3 is 0 Å². The molecule has 0 unspecified atom stereocenters. The molecule has 2 aromatic rings. The minimum atomic E-state index is -0.259. The zero-order valence-corrected chi connectivity index (χ0v) is 14.4. The van der Waals surface area contributed by atoms with Gasteiger partial charge in [-0.1, -0.05) is 48.5 Å². The molecule has 0 atom stereocenters. The first-order chi connectivity index (χ1) is 10.3. The standard InChI is InChI=1S/C20H26O2/c1-19(2,21-5)17-11-7-15(8-12-17)16-9-13-18(14-10-16)20(3,4)22-6/h7-14H,1-6H3. The molecule has 2 rings (SSSR count). The molecule has 0 saturated heterocycles. The van der Waals surface area contributed by atoms with E-state index in [1.807, 2.05) is 0 Å². The Morgan fingerprint density at radius 3 is 1.05 bits per heavy atom. The van der Waals surface area contributed by atoms with E-state index in [2.05, 4.69) is 76.2 Å². The van der Waals surface area contributed by atoms with Crippen LogP contribution in [0.2, 0.25) is 0 Å². The first kappa shape index (κ1) is 16.7. The summed E-state index contributed by atoms with van der Waals surface area (Å²) in [5, 5.41) is 0. The molecule has 0 bridgehead atoms. The number of methoxy groups -OCH3 is 2. The molecule has 0 N–H and O–H groups in total. The van der Waals surface area contributed by atoms with Gasteiger partial charge in [0.1, 0.15) is 0 Å². The van der Waals surface area contributed by atoms with Crippen molar-refractivity contribution in [3.05, 3.63) is 59.7 Å². The summed E-state index contributed by atoms with van der Waals surface area (Å²) < 4.78 is 11.0. The third-order valence-corrected chi connectivity index (χ3v) is 4.51. The van der Waals surface area contributed by atoms with Crippen molar-refractivity contribution < 1.29 is 9.47 Å². The van der Waals surface area contributed by atoms with Gasteiger partial charge in [-0.25, -0.2) is 0 Å². The fourth-order valence-electron chi connectivity index (χ4n) is 2.36. The van der Waals surface area contributed by atoms with Crippen LogP contribution in [0.3, 0.4) is 0 Å². The molecule has 118 valence electrons. The molecule has 0 fully saturated rings. The second-order valence-electron chi connectivity index (χ2n) is 6.58. The highest BCUT2D eigenvalue weighted by atomic mass is 16.5. The molecule has 22 heavy (non-hydrogen) atoms. The van der Waals surface area contributed by atoms with Crippen molar-refractivity contribution in [2.45, 2.75) is 38.9 Å². The lowest BCUT2D eigenvalue weighted by Gasteiger charge is -2.24. The van der Waals surface area contributed by atoms with E-state index in [9.17, 15) is 0 Å². The average Bonchev–Trinajstić information content (AvgIpc) is 2.55. The first-order valence-corrected chi connectivity index (χ1v) is 7.62. The number of ether oxygens (including phenoxy) is 2. The van der Waals surface area contributed by atoms with Crippen molar-refractivity contribution in [1.29, 1.82) is 0 Å². The lowest BCUT2D eigenvalue weighted by Crippen LogP contribution is -2.19. The van der Waals surface area contributed by atoms with Crippen LogP contribution in [0.4, 0.5) is 0 Å². The van der Waals surface area contributed by atoms with Crippen LogP contribution in [0.25, 0.3) is 11.1 Å². The Bertz CT molecular complexity index is 550. The summed E-state index contributed by atoms with van der Waals surface area (Å²) in [7, 11) is 3.48. The average molecular weight is 298 g/mol. The van der Waals surface area contributed by atoms with Crippen molar-refractivity contribution in [2.24, 2.45) is 0 Å². The van der Waals surface area contributed by atoms with Crippen LogP contribution in [0.15, 0.2) is 48.5 Å². The lowest BCUT2D eigenvalue weighted by atomic mass is 9.93. The smallest absolute Gasteiger partial charge is 0.0871 e. The number of benzene rings is 2. The second kappa shape index (κ2) is 6.23.